The van der Waals surface area contributed by atoms with Crippen LogP contribution in [-0.2, 0) is 11.3 Å². The molecule has 1 N–H and O–H groups in total. The number of hydrogen-bond acceptors (Lipinski definition) is 3. The Kier molecular flexibility index (Phi) is 5.42. The first-order chi connectivity index (χ1) is 10.9. The second-order valence-corrected chi connectivity index (χ2v) is 6.56. The number of nitrogens with zero attached hydrogens (tertiary/aromatic N) is 2. The highest BCUT2D eigenvalue weighted by Crippen LogP contribution is 2.19. The first-order valence-corrected chi connectivity index (χ1v) is 8.19. The second-order valence-electron chi connectivity index (χ2n) is 6.56. The molecule has 1 fully saturated rings. The molecule has 1 aromatic rings. The zero-order chi connectivity index (χ0) is 17.1. The summed E-state index contributed by atoms with van der Waals surface area (Å²) in [5.74, 6) is 0.279. The summed E-state index contributed by atoms with van der Waals surface area (Å²) >= 11 is 0. The van der Waals surface area contributed by atoms with Crippen molar-refractivity contribution in [3.8, 4) is 0 Å². The van der Waals surface area contributed by atoms with Gasteiger partial charge < -0.3 is 9.88 Å². The molecule has 0 unspecified atom stereocenters. The van der Waals surface area contributed by atoms with Gasteiger partial charge >= 0.3 is 0 Å². The van der Waals surface area contributed by atoms with Gasteiger partial charge in [-0.15, -0.1) is 6.58 Å². The Labute approximate surface area is 138 Å². The molecule has 0 aromatic carbocycles. The Hall–Kier alpha value is -1.88. The predicted octanol–water partition coefficient (Wildman–Crippen LogP) is 1.93. The molecule has 5 heteroatoms. The maximum absolute atomic E-state index is 12.8. The van der Waals surface area contributed by atoms with Gasteiger partial charge in [-0.3, -0.25) is 14.5 Å². The minimum Gasteiger partial charge on any atom is -0.353 e. The van der Waals surface area contributed by atoms with Gasteiger partial charge in [-0.25, -0.2) is 0 Å². The fourth-order valence-electron chi connectivity index (χ4n) is 3.40. The van der Waals surface area contributed by atoms with E-state index in [2.05, 4.69) is 16.5 Å². The van der Waals surface area contributed by atoms with E-state index in [1.165, 1.54) is 0 Å². The van der Waals surface area contributed by atoms with Crippen LogP contribution < -0.4 is 5.32 Å². The highest BCUT2D eigenvalue weighted by Gasteiger charge is 2.33. The largest absolute Gasteiger partial charge is 0.353 e. The smallest absolute Gasteiger partial charge is 0.237 e. The molecule has 1 atom stereocenters. The minimum absolute atomic E-state index is 0.0242. The van der Waals surface area contributed by atoms with Crippen LogP contribution in [0.3, 0.4) is 0 Å². The molecular weight excluding hydrogens is 290 g/mol. The standard InChI is InChI=1S/C18H27N3O2/c1-6-8-21-13(4)10-15(14(21)5)16(22)11-20-9-7-19-18(23)17(20)12(2)3/h6,10,12,17H,1,7-9,11H2,2-5H3,(H,19,23)/t17-/m0/s1. The molecular formula is C18H27N3O2. The van der Waals surface area contributed by atoms with Gasteiger partial charge in [0, 0.05) is 36.6 Å². The highest BCUT2D eigenvalue weighted by molar-refractivity contribution is 5.99. The van der Waals surface area contributed by atoms with Gasteiger partial charge in [0.2, 0.25) is 5.91 Å². The lowest BCUT2D eigenvalue weighted by Gasteiger charge is -2.36. The minimum atomic E-state index is -0.232. The van der Waals surface area contributed by atoms with Crippen LogP contribution in [-0.4, -0.2) is 46.8 Å². The number of allylic oxidation sites excluding steroid dienone is 1. The monoisotopic (exact) mass is 317 g/mol. The lowest BCUT2D eigenvalue weighted by Crippen LogP contribution is -2.58. The van der Waals surface area contributed by atoms with Crippen molar-refractivity contribution in [1.82, 2.24) is 14.8 Å². The third kappa shape index (κ3) is 3.55. The van der Waals surface area contributed by atoms with Crippen LogP contribution >= 0.6 is 0 Å². The number of Topliss-reactive ketones (excluding diaryl/α,β-unsaturated/α-hetero) is 1. The van der Waals surface area contributed by atoms with Crippen molar-refractivity contribution in [2.45, 2.75) is 40.3 Å². The zero-order valence-corrected chi connectivity index (χ0v) is 14.6. The van der Waals surface area contributed by atoms with E-state index in [-0.39, 0.29) is 30.2 Å². The predicted molar refractivity (Wildman–Crippen MR) is 91.6 cm³/mol. The SMILES string of the molecule is C=CCn1c(C)cc(C(=O)CN2CCNC(=O)[C@@H]2C(C)C)c1C. The number of carbonyl (C=O) groups excluding carboxylic acids is 2. The number of hydrogen-bond donors (Lipinski definition) is 1. The first kappa shape index (κ1) is 17.5. The zero-order valence-electron chi connectivity index (χ0n) is 14.6. The molecule has 23 heavy (non-hydrogen) atoms. The molecule has 2 rings (SSSR count). The number of ketones is 1. The van der Waals surface area contributed by atoms with Gasteiger partial charge in [0.15, 0.2) is 5.78 Å². The maximum atomic E-state index is 12.8. The molecule has 2 heterocycles. The number of amides is 1. The normalized spacial score (nSPS) is 19.0. The molecule has 1 amide bonds. The van der Waals surface area contributed by atoms with Gasteiger partial charge in [-0.1, -0.05) is 19.9 Å². The van der Waals surface area contributed by atoms with Crippen LogP contribution in [0.1, 0.15) is 35.6 Å². The molecule has 5 nitrogen and oxygen atoms in total. The molecule has 126 valence electrons. The summed E-state index contributed by atoms with van der Waals surface area (Å²) < 4.78 is 2.09. The van der Waals surface area contributed by atoms with Crippen LogP contribution in [0.15, 0.2) is 18.7 Å². The fraction of sp³-hybridized carbons (Fsp3) is 0.556. The first-order valence-electron chi connectivity index (χ1n) is 8.19. The summed E-state index contributed by atoms with van der Waals surface area (Å²) in [5.41, 5.74) is 2.77. The number of aryl methyl sites for hydroxylation is 1. The molecule has 1 aromatic heterocycles. The summed E-state index contributed by atoms with van der Waals surface area (Å²) in [4.78, 5) is 26.9. The Morgan fingerprint density at radius 3 is 2.78 bits per heavy atom. The van der Waals surface area contributed by atoms with Crippen molar-refractivity contribution in [1.29, 1.82) is 0 Å². The lowest BCUT2D eigenvalue weighted by molar-refractivity contribution is -0.130. The second kappa shape index (κ2) is 7.13. The Morgan fingerprint density at radius 2 is 2.17 bits per heavy atom. The summed E-state index contributed by atoms with van der Waals surface area (Å²) in [7, 11) is 0. The molecule has 0 radical (unpaired) electrons. The third-order valence-corrected chi connectivity index (χ3v) is 4.52. The molecule has 0 saturated carbocycles. The van der Waals surface area contributed by atoms with E-state index >= 15 is 0 Å². The molecule has 0 aliphatic carbocycles. The number of piperazine rings is 1. The van der Waals surface area contributed by atoms with Crippen molar-refractivity contribution in [2.24, 2.45) is 5.92 Å². The quantitative estimate of drug-likeness (QED) is 0.644. The Balaban J connectivity index is 2.19. The number of rotatable bonds is 6. The van der Waals surface area contributed by atoms with E-state index in [4.69, 9.17) is 0 Å². The van der Waals surface area contributed by atoms with Gasteiger partial charge in [0.05, 0.1) is 12.6 Å². The topological polar surface area (TPSA) is 54.3 Å². The summed E-state index contributed by atoms with van der Waals surface area (Å²) in [6.45, 7) is 14.1. The van der Waals surface area contributed by atoms with E-state index in [1.807, 2.05) is 44.7 Å². The average molecular weight is 317 g/mol. The van der Waals surface area contributed by atoms with Crippen LogP contribution in [0, 0.1) is 19.8 Å². The van der Waals surface area contributed by atoms with Crippen LogP contribution in [0.2, 0.25) is 0 Å². The van der Waals surface area contributed by atoms with Crippen molar-refractivity contribution in [3.63, 3.8) is 0 Å². The van der Waals surface area contributed by atoms with Gasteiger partial charge in [0.25, 0.3) is 0 Å². The molecule has 1 aliphatic rings. The van der Waals surface area contributed by atoms with Crippen molar-refractivity contribution in [3.05, 3.63) is 35.7 Å². The van der Waals surface area contributed by atoms with Crippen molar-refractivity contribution in [2.75, 3.05) is 19.6 Å². The molecule has 0 spiro atoms. The highest BCUT2D eigenvalue weighted by atomic mass is 16.2. The molecule has 1 saturated heterocycles. The maximum Gasteiger partial charge on any atom is 0.237 e. The van der Waals surface area contributed by atoms with Gasteiger partial charge in [-0.05, 0) is 25.8 Å². The van der Waals surface area contributed by atoms with Crippen LogP contribution in [0.4, 0.5) is 0 Å². The van der Waals surface area contributed by atoms with E-state index in [9.17, 15) is 9.59 Å². The van der Waals surface area contributed by atoms with E-state index < -0.39 is 0 Å². The lowest BCUT2D eigenvalue weighted by atomic mass is 9.98. The summed E-state index contributed by atoms with van der Waals surface area (Å²) in [6, 6.07) is 1.71. The van der Waals surface area contributed by atoms with Crippen molar-refractivity contribution < 1.29 is 9.59 Å². The van der Waals surface area contributed by atoms with Crippen LogP contribution in [0.5, 0.6) is 0 Å². The van der Waals surface area contributed by atoms with E-state index in [1.54, 1.807) is 0 Å². The summed E-state index contributed by atoms with van der Waals surface area (Å²) in [5, 5.41) is 2.89. The fourth-order valence-corrected chi connectivity index (χ4v) is 3.40. The summed E-state index contributed by atoms with van der Waals surface area (Å²) in [6.07, 6.45) is 1.83. The number of nitrogens with one attached hydrogen (secondary N) is 1. The molecule has 1 aliphatic heterocycles. The number of aromatic nitrogens is 1. The third-order valence-electron chi connectivity index (χ3n) is 4.52. The van der Waals surface area contributed by atoms with Crippen molar-refractivity contribution >= 4 is 11.7 Å². The van der Waals surface area contributed by atoms with E-state index in [0.29, 0.717) is 19.6 Å². The van der Waals surface area contributed by atoms with E-state index in [0.717, 1.165) is 17.0 Å². The molecule has 0 bridgehead atoms. The van der Waals surface area contributed by atoms with Gasteiger partial charge in [-0.2, -0.15) is 0 Å². The Bertz CT molecular complexity index is 616. The van der Waals surface area contributed by atoms with Gasteiger partial charge in [0.1, 0.15) is 0 Å². The Morgan fingerprint density at radius 1 is 1.48 bits per heavy atom. The average Bonchev–Trinajstić information content (AvgIpc) is 2.75. The van der Waals surface area contributed by atoms with Crippen LogP contribution in [0.25, 0.3) is 0 Å². The number of carbonyl (C=O) groups is 2.